The van der Waals surface area contributed by atoms with E-state index in [0.717, 1.165) is 25.3 Å². The molecular formula is C19H16F5N3O4. The number of ether oxygens (including phenoxy) is 2. The van der Waals surface area contributed by atoms with Crippen LogP contribution in [0.5, 0.6) is 5.75 Å². The van der Waals surface area contributed by atoms with E-state index in [1.165, 1.54) is 12.3 Å². The first-order valence-electron chi connectivity index (χ1n) is 8.83. The van der Waals surface area contributed by atoms with Crippen LogP contribution in [0.1, 0.15) is 28.4 Å². The Morgan fingerprint density at radius 1 is 1.26 bits per heavy atom. The first-order valence-corrected chi connectivity index (χ1v) is 8.83. The predicted octanol–water partition coefficient (Wildman–Crippen LogP) is 2.91. The third-order valence-electron chi connectivity index (χ3n) is 4.73. The molecule has 31 heavy (non-hydrogen) atoms. The summed E-state index contributed by atoms with van der Waals surface area (Å²) in [6.45, 7) is 0. The van der Waals surface area contributed by atoms with Gasteiger partial charge < -0.3 is 20.5 Å². The molecule has 1 saturated heterocycles. The fourth-order valence-electron chi connectivity index (χ4n) is 3.33. The van der Waals surface area contributed by atoms with Crippen molar-refractivity contribution in [2.75, 3.05) is 12.4 Å². The summed E-state index contributed by atoms with van der Waals surface area (Å²) in [6, 6.07) is 4.18. The molecule has 7 nitrogen and oxygen atoms in total. The van der Waals surface area contributed by atoms with Crippen molar-refractivity contribution in [3.8, 4) is 5.75 Å². The van der Waals surface area contributed by atoms with E-state index in [2.05, 4.69) is 10.3 Å². The number of rotatable bonds is 5. The molecule has 1 aliphatic heterocycles. The Morgan fingerprint density at radius 2 is 1.97 bits per heavy atom. The highest BCUT2D eigenvalue weighted by atomic mass is 19.4. The van der Waals surface area contributed by atoms with Crippen molar-refractivity contribution in [1.82, 2.24) is 4.98 Å². The Labute approximate surface area is 172 Å². The number of primary amides is 1. The van der Waals surface area contributed by atoms with Gasteiger partial charge >= 0.3 is 6.18 Å². The van der Waals surface area contributed by atoms with Gasteiger partial charge in [0.2, 0.25) is 5.82 Å². The van der Waals surface area contributed by atoms with Crippen LogP contribution in [0.3, 0.4) is 0 Å². The van der Waals surface area contributed by atoms with Crippen molar-refractivity contribution in [2.45, 2.75) is 30.7 Å². The van der Waals surface area contributed by atoms with Crippen molar-refractivity contribution in [1.29, 1.82) is 0 Å². The lowest BCUT2D eigenvalue weighted by atomic mass is 9.89. The van der Waals surface area contributed by atoms with Crippen LogP contribution in [0.15, 0.2) is 30.5 Å². The standard InChI is InChI=1S/C19H16F5N3O4/c1-30-15-9(2-3-11(20)14(15)21)10-7-13(19(22,23)24)31-16(10)18(29)27-8-4-5-26-12(6-8)17(25)28/h2-6,10,13,16H,7H2,1H3,(H2,25,28)(H,26,27,29)/t10-,13+,16+/m1/s1. The number of benzene rings is 1. The number of carbonyl (C=O) groups excluding carboxylic acids is 2. The van der Waals surface area contributed by atoms with Crippen LogP contribution >= 0.6 is 0 Å². The fourth-order valence-corrected chi connectivity index (χ4v) is 3.33. The van der Waals surface area contributed by atoms with Crippen LogP contribution in [0, 0.1) is 11.6 Å². The molecule has 3 N–H and O–H groups in total. The summed E-state index contributed by atoms with van der Waals surface area (Å²) < 4.78 is 77.4. The van der Waals surface area contributed by atoms with Gasteiger partial charge in [0, 0.05) is 23.4 Å². The number of nitrogens with two attached hydrogens (primary N) is 1. The molecular weight excluding hydrogens is 429 g/mol. The Kier molecular flexibility index (Phi) is 6.11. The zero-order valence-electron chi connectivity index (χ0n) is 15.9. The van der Waals surface area contributed by atoms with Gasteiger partial charge in [-0.2, -0.15) is 17.6 Å². The van der Waals surface area contributed by atoms with Crippen LogP contribution in [-0.4, -0.2) is 42.3 Å². The summed E-state index contributed by atoms with van der Waals surface area (Å²) in [5, 5.41) is 2.33. The average molecular weight is 445 g/mol. The molecule has 1 aromatic heterocycles. The molecule has 1 fully saturated rings. The van der Waals surface area contributed by atoms with Gasteiger partial charge in [0.05, 0.1) is 7.11 Å². The molecule has 3 rings (SSSR count). The molecule has 1 aromatic carbocycles. The van der Waals surface area contributed by atoms with Gasteiger partial charge in [0.15, 0.2) is 17.7 Å². The smallest absolute Gasteiger partial charge is 0.414 e. The van der Waals surface area contributed by atoms with Crippen molar-refractivity contribution in [3.05, 3.63) is 53.4 Å². The SMILES string of the molecule is COc1c([C@H]2C[C@@H](C(F)(F)F)O[C@@H]2C(=O)Nc2ccnc(C(N)=O)c2)ccc(F)c1F. The Hall–Kier alpha value is -3.28. The van der Waals surface area contributed by atoms with Gasteiger partial charge in [-0.1, -0.05) is 6.07 Å². The average Bonchev–Trinajstić information content (AvgIpc) is 3.16. The number of aromatic nitrogens is 1. The number of nitrogens with one attached hydrogen (secondary N) is 1. The van der Waals surface area contributed by atoms with E-state index >= 15 is 0 Å². The summed E-state index contributed by atoms with van der Waals surface area (Å²) in [7, 11) is 1.02. The molecule has 166 valence electrons. The minimum Gasteiger partial charge on any atom is -0.493 e. The summed E-state index contributed by atoms with van der Waals surface area (Å²) in [4.78, 5) is 27.7. The zero-order chi connectivity index (χ0) is 22.9. The van der Waals surface area contributed by atoms with Crippen molar-refractivity contribution in [2.24, 2.45) is 5.73 Å². The molecule has 2 heterocycles. The highest BCUT2D eigenvalue weighted by molar-refractivity contribution is 5.97. The number of nitrogens with zero attached hydrogens (tertiary/aromatic N) is 1. The number of hydrogen-bond acceptors (Lipinski definition) is 5. The molecule has 2 amide bonds. The highest BCUT2D eigenvalue weighted by Crippen LogP contribution is 2.45. The maximum atomic E-state index is 14.1. The molecule has 0 saturated carbocycles. The highest BCUT2D eigenvalue weighted by Gasteiger charge is 2.52. The van der Waals surface area contributed by atoms with Crippen molar-refractivity contribution < 1.29 is 41.0 Å². The largest absolute Gasteiger partial charge is 0.493 e. The minimum absolute atomic E-state index is 0.0314. The number of anilines is 1. The predicted molar refractivity (Wildman–Crippen MR) is 96.4 cm³/mol. The molecule has 1 aliphatic rings. The first kappa shape index (κ1) is 22.4. The molecule has 3 atom stereocenters. The van der Waals surface area contributed by atoms with E-state index < -0.39 is 59.9 Å². The van der Waals surface area contributed by atoms with E-state index in [0.29, 0.717) is 0 Å². The third kappa shape index (κ3) is 4.58. The summed E-state index contributed by atoms with van der Waals surface area (Å²) >= 11 is 0. The summed E-state index contributed by atoms with van der Waals surface area (Å²) in [6.07, 6.45) is -8.37. The number of alkyl halides is 3. The van der Waals surface area contributed by atoms with E-state index in [4.69, 9.17) is 15.2 Å². The number of carbonyl (C=O) groups is 2. The number of hydrogen-bond donors (Lipinski definition) is 2. The van der Waals surface area contributed by atoms with E-state index in [-0.39, 0.29) is 16.9 Å². The fraction of sp³-hybridized carbons (Fsp3) is 0.316. The molecule has 0 aliphatic carbocycles. The quantitative estimate of drug-likeness (QED) is 0.689. The van der Waals surface area contributed by atoms with E-state index in [1.807, 2.05) is 0 Å². The van der Waals surface area contributed by atoms with Crippen molar-refractivity contribution in [3.63, 3.8) is 0 Å². The lowest BCUT2D eigenvalue weighted by molar-refractivity contribution is -0.213. The minimum atomic E-state index is -4.80. The van der Waals surface area contributed by atoms with Crippen LogP contribution < -0.4 is 15.8 Å². The molecule has 2 aromatic rings. The van der Waals surface area contributed by atoms with E-state index in [9.17, 15) is 31.5 Å². The summed E-state index contributed by atoms with van der Waals surface area (Å²) in [5.41, 5.74) is 4.81. The molecule has 0 spiro atoms. The molecule has 0 unspecified atom stereocenters. The van der Waals surface area contributed by atoms with Crippen LogP contribution in [-0.2, 0) is 9.53 Å². The number of pyridine rings is 1. The number of amides is 2. The van der Waals surface area contributed by atoms with Crippen LogP contribution in [0.25, 0.3) is 0 Å². The van der Waals surface area contributed by atoms with Gasteiger partial charge in [-0.3, -0.25) is 14.6 Å². The Balaban J connectivity index is 1.96. The lowest BCUT2D eigenvalue weighted by Crippen LogP contribution is -2.34. The second-order valence-corrected chi connectivity index (χ2v) is 6.70. The Morgan fingerprint density at radius 3 is 2.58 bits per heavy atom. The van der Waals surface area contributed by atoms with Gasteiger partial charge in [-0.15, -0.1) is 0 Å². The van der Waals surface area contributed by atoms with Gasteiger partial charge in [0.25, 0.3) is 11.8 Å². The van der Waals surface area contributed by atoms with Crippen molar-refractivity contribution >= 4 is 17.5 Å². The number of halogens is 5. The first-order chi connectivity index (χ1) is 14.5. The van der Waals surface area contributed by atoms with Crippen LogP contribution in [0.2, 0.25) is 0 Å². The Bertz CT molecular complexity index is 1010. The zero-order valence-corrected chi connectivity index (χ0v) is 15.9. The second-order valence-electron chi connectivity index (χ2n) is 6.70. The summed E-state index contributed by atoms with van der Waals surface area (Å²) in [5.74, 6) is -6.44. The van der Waals surface area contributed by atoms with Crippen LogP contribution in [0.4, 0.5) is 27.6 Å². The normalized spacial score (nSPS) is 21.0. The molecule has 0 radical (unpaired) electrons. The molecule has 12 heteroatoms. The second kappa shape index (κ2) is 8.46. The maximum absolute atomic E-state index is 14.1. The number of methoxy groups -OCH3 is 1. The monoisotopic (exact) mass is 445 g/mol. The van der Waals surface area contributed by atoms with E-state index in [1.54, 1.807) is 0 Å². The topological polar surface area (TPSA) is 104 Å². The van der Waals surface area contributed by atoms with Gasteiger partial charge in [0.1, 0.15) is 11.8 Å². The lowest BCUT2D eigenvalue weighted by Gasteiger charge is -2.21. The maximum Gasteiger partial charge on any atom is 0.414 e. The third-order valence-corrected chi connectivity index (χ3v) is 4.73. The molecule has 0 bridgehead atoms. The van der Waals surface area contributed by atoms with Gasteiger partial charge in [-0.25, -0.2) is 4.39 Å². The van der Waals surface area contributed by atoms with Gasteiger partial charge in [-0.05, 0) is 24.6 Å².